The van der Waals surface area contributed by atoms with Gasteiger partial charge in [-0.2, -0.15) is 0 Å². The Bertz CT molecular complexity index is 1190. The van der Waals surface area contributed by atoms with Crippen LogP contribution in [0.1, 0.15) is 48.0 Å². The van der Waals surface area contributed by atoms with Crippen molar-refractivity contribution in [2.75, 3.05) is 5.75 Å². The molecule has 1 aromatic carbocycles. The van der Waals surface area contributed by atoms with E-state index in [4.69, 9.17) is 4.98 Å². The molecule has 0 aliphatic heterocycles. The van der Waals surface area contributed by atoms with Gasteiger partial charge in [0.1, 0.15) is 4.83 Å². The summed E-state index contributed by atoms with van der Waals surface area (Å²) >= 11 is 2.99. The molecule has 0 amide bonds. The molecule has 1 atom stereocenters. The third kappa shape index (κ3) is 4.41. The van der Waals surface area contributed by atoms with Gasteiger partial charge in [-0.25, -0.2) is 4.98 Å². The number of ketones is 1. The molecule has 2 aromatic heterocycles. The van der Waals surface area contributed by atoms with Crippen molar-refractivity contribution in [3.05, 3.63) is 69.3 Å². The van der Waals surface area contributed by atoms with Crippen LogP contribution in [0.4, 0.5) is 0 Å². The molecule has 0 bridgehead atoms. The number of aryl methyl sites for hydroxylation is 1. The van der Waals surface area contributed by atoms with Crippen LogP contribution in [0.15, 0.2) is 52.9 Å². The minimum atomic E-state index is -0.00808. The maximum absolute atomic E-state index is 13.4. The van der Waals surface area contributed by atoms with Crippen LogP contribution in [0.5, 0.6) is 0 Å². The van der Waals surface area contributed by atoms with Crippen LogP contribution in [0, 0.1) is 11.3 Å². The van der Waals surface area contributed by atoms with Crippen molar-refractivity contribution in [3.63, 3.8) is 0 Å². The second-order valence-corrected chi connectivity index (χ2v) is 11.2. The van der Waals surface area contributed by atoms with Crippen LogP contribution >= 0.6 is 23.1 Å². The molecular formula is C25H28N2O2S2. The molecule has 0 N–H and O–H groups in total. The first-order valence-corrected chi connectivity index (χ1v) is 12.5. The lowest BCUT2D eigenvalue weighted by Gasteiger charge is -2.33. The topological polar surface area (TPSA) is 52.0 Å². The van der Waals surface area contributed by atoms with Crippen molar-refractivity contribution in [2.45, 2.75) is 51.7 Å². The summed E-state index contributed by atoms with van der Waals surface area (Å²) in [6.45, 7) is 11.1. The highest BCUT2D eigenvalue weighted by Crippen LogP contribution is 2.42. The van der Waals surface area contributed by atoms with Crippen LogP contribution in [-0.2, 0) is 19.4 Å². The van der Waals surface area contributed by atoms with Crippen molar-refractivity contribution in [1.82, 2.24) is 9.55 Å². The first kappa shape index (κ1) is 22.0. The molecule has 4 rings (SSSR count). The van der Waals surface area contributed by atoms with Crippen LogP contribution in [0.3, 0.4) is 0 Å². The van der Waals surface area contributed by atoms with Crippen molar-refractivity contribution in [1.29, 1.82) is 0 Å². The molecule has 1 unspecified atom stereocenters. The summed E-state index contributed by atoms with van der Waals surface area (Å²) in [7, 11) is 0. The van der Waals surface area contributed by atoms with Crippen LogP contribution in [-0.4, -0.2) is 21.1 Å². The number of Topliss-reactive ketones (excluding diaryl/α,β-unsaturated/α-hetero) is 1. The number of thiophene rings is 1. The zero-order valence-corrected chi connectivity index (χ0v) is 19.9. The number of thioether (sulfide) groups is 1. The van der Waals surface area contributed by atoms with E-state index in [0.717, 1.165) is 29.5 Å². The number of benzene rings is 1. The van der Waals surface area contributed by atoms with Gasteiger partial charge in [0.2, 0.25) is 0 Å². The van der Waals surface area contributed by atoms with Crippen molar-refractivity contribution in [3.8, 4) is 0 Å². The van der Waals surface area contributed by atoms with E-state index in [1.54, 1.807) is 22.0 Å². The average molecular weight is 453 g/mol. The van der Waals surface area contributed by atoms with Gasteiger partial charge in [0, 0.05) is 17.0 Å². The first-order valence-electron chi connectivity index (χ1n) is 10.7. The molecule has 0 fully saturated rings. The van der Waals surface area contributed by atoms with Crippen molar-refractivity contribution >= 4 is 39.1 Å². The van der Waals surface area contributed by atoms with E-state index in [0.29, 0.717) is 23.2 Å². The van der Waals surface area contributed by atoms with Crippen molar-refractivity contribution in [2.24, 2.45) is 11.3 Å². The predicted molar refractivity (Wildman–Crippen MR) is 131 cm³/mol. The maximum atomic E-state index is 13.4. The van der Waals surface area contributed by atoms with E-state index in [1.165, 1.54) is 22.2 Å². The number of carbonyl (C=O) groups is 1. The van der Waals surface area contributed by atoms with Gasteiger partial charge in [-0.05, 0) is 36.2 Å². The van der Waals surface area contributed by atoms with Gasteiger partial charge in [-0.15, -0.1) is 17.9 Å². The van der Waals surface area contributed by atoms with Crippen LogP contribution in [0.2, 0.25) is 0 Å². The Balaban J connectivity index is 1.70. The van der Waals surface area contributed by atoms with Gasteiger partial charge >= 0.3 is 0 Å². The minimum Gasteiger partial charge on any atom is -0.293 e. The third-order valence-corrected chi connectivity index (χ3v) is 8.22. The fourth-order valence-electron chi connectivity index (χ4n) is 4.22. The van der Waals surface area contributed by atoms with Gasteiger partial charge in [-0.1, -0.05) is 68.9 Å². The van der Waals surface area contributed by atoms with Crippen molar-refractivity contribution < 1.29 is 4.79 Å². The molecule has 1 aliphatic rings. The maximum Gasteiger partial charge on any atom is 0.263 e. The largest absolute Gasteiger partial charge is 0.293 e. The van der Waals surface area contributed by atoms with E-state index in [-0.39, 0.29) is 22.5 Å². The molecule has 0 saturated carbocycles. The molecule has 162 valence electrons. The van der Waals surface area contributed by atoms with Gasteiger partial charge in [0.25, 0.3) is 5.56 Å². The average Bonchev–Trinajstić information content (AvgIpc) is 3.12. The van der Waals surface area contributed by atoms with E-state index >= 15 is 0 Å². The minimum absolute atomic E-state index is 0.00808. The van der Waals surface area contributed by atoms with Gasteiger partial charge in [0.05, 0.1) is 11.1 Å². The van der Waals surface area contributed by atoms with E-state index in [2.05, 4.69) is 27.4 Å². The zero-order chi connectivity index (χ0) is 22.2. The summed E-state index contributed by atoms with van der Waals surface area (Å²) in [4.78, 5) is 33.0. The van der Waals surface area contributed by atoms with Gasteiger partial charge in [-0.3, -0.25) is 14.2 Å². The normalized spacial score (nSPS) is 16.3. The lowest BCUT2D eigenvalue weighted by atomic mass is 9.72. The number of rotatable bonds is 6. The summed E-state index contributed by atoms with van der Waals surface area (Å²) in [5.41, 5.74) is 2.11. The fraction of sp³-hybridized carbons (Fsp3) is 0.400. The number of carbonyl (C=O) groups excluding carboxylic acids is 1. The quantitative estimate of drug-likeness (QED) is 0.206. The molecule has 0 spiro atoms. The molecule has 1 aliphatic carbocycles. The Labute approximate surface area is 191 Å². The second kappa shape index (κ2) is 8.75. The number of aromatic nitrogens is 2. The van der Waals surface area contributed by atoms with Gasteiger partial charge in [0.15, 0.2) is 10.9 Å². The molecule has 0 radical (unpaired) electrons. The van der Waals surface area contributed by atoms with Gasteiger partial charge < -0.3 is 0 Å². The summed E-state index contributed by atoms with van der Waals surface area (Å²) in [5, 5.41) is 1.36. The molecule has 31 heavy (non-hydrogen) atoms. The molecule has 6 heteroatoms. The Morgan fingerprint density at radius 1 is 1.32 bits per heavy atom. The fourth-order valence-corrected chi connectivity index (χ4v) is 6.46. The predicted octanol–water partition coefficient (Wildman–Crippen LogP) is 5.77. The Morgan fingerprint density at radius 3 is 2.74 bits per heavy atom. The summed E-state index contributed by atoms with van der Waals surface area (Å²) in [5.74, 6) is 0.889. The number of hydrogen-bond donors (Lipinski definition) is 0. The summed E-state index contributed by atoms with van der Waals surface area (Å²) in [6, 6.07) is 9.24. The smallest absolute Gasteiger partial charge is 0.263 e. The standard InChI is InChI=1S/C25H28N2O2S2/c1-5-13-27-23(29)21-18-12-11-17(25(2,3)4)14-20(18)31-22(21)26-24(27)30-15-19(28)16-9-7-6-8-10-16/h5-10,17H,1,11-15H2,2-4H3. The SMILES string of the molecule is C=CCn1c(SCC(=O)c2ccccc2)nc2sc3c(c2c1=O)CCC(C(C)(C)C)C3. The Kier molecular flexibility index (Phi) is 6.22. The lowest BCUT2D eigenvalue weighted by molar-refractivity contribution is 0.102. The molecule has 0 saturated heterocycles. The van der Waals surface area contributed by atoms with Crippen LogP contribution < -0.4 is 5.56 Å². The zero-order valence-electron chi connectivity index (χ0n) is 18.3. The lowest BCUT2D eigenvalue weighted by Crippen LogP contribution is -2.27. The Hall–Kier alpha value is -2.18. The summed E-state index contributed by atoms with van der Waals surface area (Å²) in [6.07, 6.45) is 4.76. The highest BCUT2D eigenvalue weighted by molar-refractivity contribution is 7.99. The Morgan fingerprint density at radius 2 is 2.06 bits per heavy atom. The second-order valence-electron chi connectivity index (χ2n) is 9.17. The number of allylic oxidation sites excluding steroid dienone is 1. The third-order valence-electron chi connectivity index (χ3n) is 6.10. The molecule has 4 nitrogen and oxygen atoms in total. The summed E-state index contributed by atoms with van der Waals surface area (Å²) < 4.78 is 1.67. The van der Waals surface area contributed by atoms with E-state index in [9.17, 15) is 9.59 Å². The molecular weight excluding hydrogens is 424 g/mol. The molecule has 2 heterocycles. The molecule has 3 aromatic rings. The monoisotopic (exact) mass is 452 g/mol. The first-order chi connectivity index (χ1) is 14.8. The highest BCUT2D eigenvalue weighted by Gasteiger charge is 2.32. The number of fused-ring (bicyclic) bond motifs is 3. The highest BCUT2D eigenvalue weighted by atomic mass is 32.2. The van der Waals surface area contributed by atoms with Crippen LogP contribution in [0.25, 0.3) is 10.2 Å². The van der Waals surface area contributed by atoms with E-state index < -0.39 is 0 Å². The number of nitrogens with zero attached hydrogens (tertiary/aromatic N) is 2. The van der Waals surface area contributed by atoms with E-state index in [1.807, 2.05) is 30.3 Å². The number of hydrogen-bond acceptors (Lipinski definition) is 5.